The number of fused-ring (bicyclic) bond motifs is 2. The summed E-state index contributed by atoms with van der Waals surface area (Å²) >= 11 is 0. The molecule has 4 nitrogen and oxygen atoms in total. The average Bonchev–Trinajstić information content (AvgIpc) is 3.31. The Bertz CT molecular complexity index is 1040. The molecule has 35 heavy (non-hydrogen) atoms. The van der Waals surface area contributed by atoms with Crippen molar-refractivity contribution in [1.82, 2.24) is 0 Å². The Morgan fingerprint density at radius 1 is 0.629 bits per heavy atom. The Kier molecular flexibility index (Phi) is 8.64. The van der Waals surface area contributed by atoms with Crippen molar-refractivity contribution in [3.05, 3.63) is 58.7 Å². The van der Waals surface area contributed by atoms with E-state index in [4.69, 9.17) is 9.47 Å². The molecule has 0 amide bonds. The molecular weight excluding hydrogens is 436 g/mol. The third kappa shape index (κ3) is 5.63. The normalized spacial score (nSPS) is 18.2. The van der Waals surface area contributed by atoms with Crippen molar-refractivity contribution >= 4 is 11.6 Å². The first-order valence-electron chi connectivity index (χ1n) is 13.7. The van der Waals surface area contributed by atoms with Gasteiger partial charge in [0.1, 0.15) is 16.9 Å². The summed E-state index contributed by atoms with van der Waals surface area (Å²) in [6, 6.07) is 11.5. The number of hydrogen-bond acceptors (Lipinski definition) is 4. The number of hydrogen-bond donors (Lipinski definition) is 0. The van der Waals surface area contributed by atoms with Gasteiger partial charge in [0, 0.05) is 11.1 Å². The lowest BCUT2D eigenvalue weighted by Gasteiger charge is -2.18. The quantitative estimate of drug-likeness (QED) is 0.209. The van der Waals surface area contributed by atoms with E-state index in [0.29, 0.717) is 37.2 Å². The predicted molar refractivity (Wildman–Crippen MR) is 140 cm³/mol. The SMILES string of the molecule is CCCCCCCOc1ccc2c(c1)C[C@]1(Cc3ccc(OCCCCCCC)cc3C1=O)C2=O. The van der Waals surface area contributed by atoms with Crippen LogP contribution in [0.4, 0.5) is 0 Å². The summed E-state index contributed by atoms with van der Waals surface area (Å²) in [5, 5.41) is 0. The molecule has 1 atom stereocenters. The van der Waals surface area contributed by atoms with Crippen molar-refractivity contribution in [2.75, 3.05) is 13.2 Å². The van der Waals surface area contributed by atoms with Crippen LogP contribution in [0.2, 0.25) is 0 Å². The van der Waals surface area contributed by atoms with Crippen LogP contribution in [-0.2, 0) is 12.8 Å². The average molecular weight is 477 g/mol. The van der Waals surface area contributed by atoms with Gasteiger partial charge in [-0.05, 0) is 67.1 Å². The largest absolute Gasteiger partial charge is 0.494 e. The Morgan fingerprint density at radius 2 is 1.17 bits per heavy atom. The summed E-state index contributed by atoms with van der Waals surface area (Å²) in [6.45, 7) is 5.77. The predicted octanol–water partition coefficient (Wildman–Crippen LogP) is 7.55. The number of ketones is 2. The maximum Gasteiger partial charge on any atom is 0.177 e. The van der Waals surface area contributed by atoms with Gasteiger partial charge in [-0.3, -0.25) is 9.59 Å². The molecule has 0 saturated heterocycles. The second-order valence-electron chi connectivity index (χ2n) is 10.3. The maximum absolute atomic E-state index is 13.6. The van der Waals surface area contributed by atoms with E-state index >= 15 is 0 Å². The second kappa shape index (κ2) is 11.9. The number of benzene rings is 2. The first-order valence-corrected chi connectivity index (χ1v) is 13.7. The summed E-state index contributed by atoms with van der Waals surface area (Å²) in [7, 11) is 0. The molecule has 1 spiro atoms. The van der Waals surface area contributed by atoms with E-state index < -0.39 is 5.41 Å². The van der Waals surface area contributed by atoms with Crippen LogP contribution in [0.3, 0.4) is 0 Å². The topological polar surface area (TPSA) is 52.6 Å². The summed E-state index contributed by atoms with van der Waals surface area (Å²) in [5.74, 6) is 1.42. The van der Waals surface area contributed by atoms with Crippen molar-refractivity contribution in [2.24, 2.45) is 5.41 Å². The Labute approximate surface area is 210 Å². The third-order valence-electron chi connectivity index (χ3n) is 7.53. The standard InChI is InChI=1S/C31H40O4/c1-3-5-7-9-11-17-34-25-15-16-27-24(19-25)22-31(29(27)32)21-23-13-14-26(20-28(23)30(31)33)35-18-12-10-8-6-4-2/h13-16,19-20H,3-12,17-18,21-22H2,1-2H3/t31-/m1/s1. The van der Waals surface area contributed by atoms with Gasteiger partial charge in [0.2, 0.25) is 0 Å². The van der Waals surface area contributed by atoms with Gasteiger partial charge in [-0.15, -0.1) is 0 Å². The van der Waals surface area contributed by atoms with Crippen molar-refractivity contribution in [3.63, 3.8) is 0 Å². The van der Waals surface area contributed by atoms with Crippen LogP contribution in [0.25, 0.3) is 0 Å². The van der Waals surface area contributed by atoms with Gasteiger partial charge in [-0.1, -0.05) is 71.3 Å². The lowest BCUT2D eigenvalue weighted by molar-refractivity contribution is 0.0705. The van der Waals surface area contributed by atoms with E-state index in [1.165, 1.54) is 44.9 Å². The summed E-state index contributed by atoms with van der Waals surface area (Å²) in [4.78, 5) is 27.0. The van der Waals surface area contributed by atoms with Gasteiger partial charge in [-0.2, -0.15) is 0 Å². The van der Waals surface area contributed by atoms with Crippen LogP contribution in [0.1, 0.15) is 110 Å². The Balaban J connectivity index is 1.37. The first kappa shape index (κ1) is 25.5. The molecule has 188 valence electrons. The van der Waals surface area contributed by atoms with Crippen LogP contribution >= 0.6 is 0 Å². The molecule has 0 saturated carbocycles. The van der Waals surface area contributed by atoms with Gasteiger partial charge in [-0.25, -0.2) is 0 Å². The minimum absolute atomic E-state index is 0.0433. The molecule has 4 heteroatoms. The highest BCUT2D eigenvalue weighted by Crippen LogP contribution is 2.48. The fourth-order valence-electron chi connectivity index (χ4n) is 5.48. The Hall–Kier alpha value is -2.62. The van der Waals surface area contributed by atoms with Crippen LogP contribution in [-0.4, -0.2) is 24.8 Å². The van der Waals surface area contributed by atoms with Crippen LogP contribution < -0.4 is 9.47 Å². The first-order chi connectivity index (χ1) is 17.1. The molecule has 0 aliphatic heterocycles. The summed E-state index contributed by atoms with van der Waals surface area (Å²) in [6.07, 6.45) is 12.8. The van der Waals surface area contributed by atoms with Gasteiger partial charge in [0.15, 0.2) is 11.6 Å². The number of carbonyl (C=O) groups excluding carboxylic acids is 2. The van der Waals surface area contributed by atoms with Crippen molar-refractivity contribution in [1.29, 1.82) is 0 Å². The molecule has 4 rings (SSSR count). The van der Waals surface area contributed by atoms with Crippen LogP contribution in [0.15, 0.2) is 36.4 Å². The fourth-order valence-corrected chi connectivity index (χ4v) is 5.48. The molecule has 0 heterocycles. The smallest absolute Gasteiger partial charge is 0.177 e. The molecule has 0 N–H and O–H groups in total. The lowest BCUT2D eigenvalue weighted by Crippen LogP contribution is -2.34. The Morgan fingerprint density at radius 3 is 1.83 bits per heavy atom. The van der Waals surface area contributed by atoms with E-state index in [1.54, 1.807) is 0 Å². The van der Waals surface area contributed by atoms with E-state index in [0.717, 1.165) is 41.9 Å². The third-order valence-corrected chi connectivity index (χ3v) is 7.53. The van der Waals surface area contributed by atoms with Crippen molar-refractivity contribution in [3.8, 4) is 11.5 Å². The molecule has 0 bridgehead atoms. The molecule has 0 radical (unpaired) electrons. The molecule has 0 unspecified atom stereocenters. The zero-order valence-electron chi connectivity index (χ0n) is 21.5. The van der Waals surface area contributed by atoms with Crippen molar-refractivity contribution < 1.29 is 19.1 Å². The van der Waals surface area contributed by atoms with Gasteiger partial charge in [0.05, 0.1) is 13.2 Å². The zero-order valence-corrected chi connectivity index (χ0v) is 21.5. The minimum Gasteiger partial charge on any atom is -0.494 e. The molecule has 0 aromatic heterocycles. The molecule has 2 aromatic rings. The lowest BCUT2D eigenvalue weighted by atomic mass is 9.80. The monoisotopic (exact) mass is 476 g/mol. The van der Waals surface area contributed by atoms with E-state index in [-0.39, 0.29) is 11.6 Å². The van der Waals surface area contributed by atoms with Crippen LogP contribution in [0.5, 0.6) is 11.5 Å². The van der Waals surface area contributed by atoms with Gasteiger partial charge >= 0.3 is 0 Å². The number of carbonyl (C=O) groups is 2. The molecule has 2 aliphatic carbocycles. The number of ether oxygens (including phenoxy) is 2. The highest BCUT2D eigenvalue weighted by molar-refractivity contribution is 6.24. The highest BCUT2D eigenvalue weighted by Gasteiger charge is 2.55. The zero-order chi connectivity index (χ0) is 24.7. The van der Waals surface area contributed by atoms with Gasteiger partial charge < -0.3 is 9.47 Å². The van der Waals surface area contributed by atoms with Crippen molar-refractivity contribution in [2.45, 2.75) is 90.9 Å². The van der Waals surface area contributed by atoms with Gasteiger partial charge in [0.25, 0.3) is 0 Å². The highest BCUT2D eigenvalue weighted by atomic mass is 16.5. The van der Waals surface area contributed by atoms with E-state index in [9.17, 15) is 9.59 Å². The number of unbranched alkanes of at least 4 members (excludes halogenated alkanes) is 8. The molecule has 2 aliphatic rings. The number of Topliss-reactive ketones (excluding diaryl/α,β-unsaturated/α-hetero) is 2. The molecular formula is C31H40O4. The minimum atomic E-state index is -0.998. The summed E-state index contributed by atoms with van der Waals surface area (Å²) in [5.41, 5.74) is 2.21. The molecule has 0 fully saturated rings. The maximum atomic E-state index is 13.6. The summed E-state index contributed by atoms with van der Waals surface area (Å²) < 4.78 is 11.9. The van der Waals surface area contributed by atoms with Crippen LogP contribution in [0, 0.1) is 5.41 Å². The fraction of sp³-hybridized carbons (Fsp3) is 0.548. The van der Waals surface area contributed by atoms with E-state index in [2.05, 4.69) is 13.8 Å². The number of rotatable bonds is 14. The molecule has 2 aromatic carbocycles. The van der Waals surface area contributed by atoms with E-state index in [1.807, 2.05) is 36.4 Å². The second-order valence-corrected chi connectivity index (χ2v) is 10.3.